The number of benzene rings is 4. The van der Waals surface area contributed by atoms with Gasteiger partial charge in [-0.25, -0.2) is 0 Å². The second-order valence-corrected chi connectivity index (χ2v) is 19.5. The fourth-order valence-corrected chi connectivity index (χ4v) is 14.7. The SMILES string of the molecule is CC(C)c1cccc(-c2cccc3c2C=C([Si](C2=Cc4c(cccc4-c4cccc(C(C)C)c4)C2)(C(C)C)C(C)C)C3)c1. The normalized spacial score (nSPS) is 14.5. The van der Waals surface area contributed by atoms with Crippen LogP contribution in [-0.2, 0) is 12.8 Å². The molecule has 0 saturated carbocycles. The minimum Gasteiger partial charge on any atom is -0.0704 e. The van der Waals surface area contributed by atoms with Crippen molar-refractivity contribution in [1.29, 1.82) is 0 Å². The maximum absolute atomic E-state index is 2.65. The van der Waals surface area contributed by atoms with Crippen molar-refractivity contribution in [2.24, 2.45) is 0 Å². The molecule has 1 heteroatoms. The van der Waals surface area contributed by atoms with E-state index in [4.69, 9.17) is 0 Å². The molecular weight excluding hydrogens is 533 g/mol. The highest BCUT2D eigenvalue weighted by atomic mass is 28.3. The van der Waals surface area contributed by atoms with Crippen molar-refractivity contribution in [2.45, 2.75) is 91.1 Å². The Hall–Kier alpha value is -3.42. The van der Waals surface area contributed by atoms with Crippen molar-refractivity contribution in [1.82, 2.24) is 0 Å². The van der Waals surface area contributed by atoms with Crippen LogP contribution in [-0.4, -0.2) is 8.07 Å². The van der Waals surface area contributed by atoms with Gasteiger partial charge in [0.25, 0.3) is 0 Å². The summed E-state index contributed by atoms with van der Waals surface area (Å²) in [5.41, 5.74) is 15.5. The van der Waals surface area contributed by atoms with Crippen LogP contribution in [0.25, 0.3) is 34.4 Å². The average Bonchev–Trinajstić information content (AvgIpc) is 3.62. The zero-order valence-corrected chi connectivity index (χ0v) is 28.5. The highest BCUT2D eigenvalue weighted by molar-refractivity contribution is 6.96. The van der Waals surface area contributed by atoms with Gasteiger partial charge in [-0.1, -0.05) is 163 Å². The van der Waals surface area contributed by atoms with Gasteiger partial charge in [-0.15, -0.1) is 0 Å². The molecule has 0 bridgehead atoms. The largest absolute Gasteiger partial charge is 0.114 e. The van der Waals surface area contributed by atoms with E-state index in [9.17, 15) is 0 Å². The first-order valence-electron chi connectivity index (χ1n) is 16.5. The fraction of sp³-hybridized carbons (Fsp3) is 0.333. The topological polar surface area (TPSA) is 0 Å². The summed E-state index contributed by atoms with van der Waals surface area (Å²) >= 11 is 0. The monoisotopic (exact) mass is 580 g/mol. The van der Waals surface area contributed by atoms with E-state index in [1.165, 1.54) is 55.6 Å². The molecule has 0 nitrogen and oxygen atoms in total. The van der Waals surface area contributed by atoms with E-state index < -0.39 is 8.07 Å². The number of hydrogen-bond donors (Lipinski definition) is 0. The molecule has 4 aromatic carbocycles. The van der Waals surface area contributed by atoms with Gasteiger partial charge in [0.2, 0.25) is 0 Å². The summed E-state index contributed by atoms with van der Waals surface area (Å²) in [6, 6.07) is 32.4. The Bertz CT molecular complexity index is 1600. The van der Waals surface area contributed by atoms with Crippen LogP contribution in [0.2, 0.25) is 11.1 Å². The van der Waals surface area contributed by atoms with Crippen molar-refractivity contribution < 1.29 is 0 Å². The van der Waals surface area contributed by atoms with Crippen LogP contribution in [0.15, 0.2) is 95.3 Å². The summed E-state index contributed by atoms with van der Waals surface area (Å²) in [5.74, 6) is 1.05. The maximum atomic E-state index is 2.65. The van der Waals surface area contributed by atoms with Gasteiger partial charge >= 0.3 is 0 Å². The van der Waals surface area contributed by atoms with Crippen LogP contribution < -0.4 is 0 Å². The fourth-order valence-electron chi connectivity index (χ4n) is 8.26. The highest BCUT2D eigenvalue weighted by Gasteiger charge is 2.48. The predicted molar refractivity (Wildman–Crippen MR) is 191 cm³/mol. The van der Waals surface area contributed by atoms with E-state index in [-0.39, 0.29) is 0 Å². The first kappa shape index (κ1) is 29.6. The Balaban J connectivity index is 1.47. The van der Waals surface area contributed by atoms with E-state index in [0.29, 0.717) is 22.9 Å². The summed E-state index contributed by atoms with van der Waals surface area (Å²) in [6.07, 6.45) is 7.48. The third-order valence-corrected chi connectivity index (χ3v) is 16.8. The molecule has 0 fully saturated rings. The second kappa shape index (κ2) is 11.6. The summed E-state index contributed by atoms with van der Waals surface area (Å²) in [4.78, 5) is 0. The Morgan fingerprint density at radius 2 is 0.884 bits per heavy atom. The molecule has 0 atom stereocenters. The van der Waals surface area contributed by atoms with Gasteiger partial charge in [0.15, 0.2) is 0 Å². The Labute approximate surface area is 261 Å². The molecule has 2 aliphatic carbocycles. The van der Waals surface area contributed by atoms with Gasteiger partial charge in [-0.3, -0.25) is 0 Å². The van der Waals surface area contributed by atoms with Crippen LogP contribution in [0.1, 0.15) is 101 Å². The van der Waals surface area contributed by atoms with E-state index in [1.807, 2.05) is 0 Å². The first-order valence-corrected chi connectivity index (χ1v) is 18.6. The maximum Gasteiger partial charge on any atom is 0.114 e. The minimum absolute atomic E-state index is 0.526. The standard InChI is InChI=1S/C42H48Si/c1-27(2)31-13-9-15-33(21-31)39-19-11-17-35-23-37(25-41(35)39)43(29(5)6,30(7)8)38-24-36-18-12-20-40(42(36)26-38)34-16-10-14-32(22-34)28(3)4/h9-22,25-30H,23-24H2,1-8H3. The molecule has 220 valence electrons. The lowest BCUT2D eigenvalue weighted by molar-refractivity contribution is 0.867. The lowest BCUT2D eigenvalue weighted by Crippen LogP contribution is -2.46. The average molecular weight is 581 g/mol. The summed E-state index contributed by atoms with van der Waals surface area (Å²) in [5, 5.41) is 3.45. The Kier molecular flexibility index (Phi) is 7.98. The number of allylic oxidation sites excluding steroid dienone is 2. The molecule has 0 unspecified atom stereocenters. The lowest BCUT2D eigenvalue weighted by Gasteiger charge is -2.42. The van der Waals surface area contributed by atoms with Crippen molar-refractivity contribution in [3.05, 3.63) is 129 Å². The molecule has 0 heterocycles. The smallest absolute Gasteiger partial charge is 0.0704 e. The number of hydrogen-bond acceptors (Lipinski definition) is 0. The quantitative estimate of drug-likeness (QED) is 0.182. The minimum atomic E-state index is -2.06. The molecule has 0 aliphatic heterocycles. The molecule has 6 rings (SSSR count). The zero-order valence-electron chi connectivity index (χ0n) is 27.5. The third-order valence-electron chi connectivity index (χ3n) is 10.4. The van der Waals surface area contributed by atoms with Crippen molar-refractivity contribution >= 4 is 20.2 Å². The van der Waals surface area contributed by atoms with Crippen molar-refractivity contribution in [2.75, 3.05) is 0 Å². The number of rotatable bonds is 8. The molecule has 0 aromatic heterocycles. The number of fused-ring (bicyclic) bond motifs is 2. The highest BCUT2D eigenvalue weighted by Crippen LogP contribution is 2.52. The molecule has 0 radical (unpaired) electrons. The Morgan fingerprint density at radius 1 is 0.488 bits per heavy atom. The first-order chi connectivity index (χ1) is 20.6. The van der Waals surface area contributed by atoms with Crippen LogP contribution in [0.4, 0.5) is 0 Å². The summed E-state index contributed by atoms with van der Waals surface area (Å²) < 4.78 is 0. The molecule has 0 N–H and O–H groups in total. The van der Waals surface area contributed by atoms with E-state index >= 15 is 0 Å². The summed E-state index contributed by atoms with van der Waals surface area (Å²) in [6.45, 7) is 19.2. The van der Waals surface area contributed by atoms with E-state index in [0.717, 1.165) is 12.8 Å². The van der Waals surface area contributed by atoms with Gasteiger partial charge in [0.05, 0.1) is 0 Å². The lowest BCUT2D eigenvalue weighted by atomic mass is 9.93. The molecule has 43 heavy (non-hydrogen) atoms. The van der Waals surface area contributed by atoms with Crippen molar-refractivity contribution in [3.8, 4) is 22.3 Å². The molecule has 4 aromatic rings. The van der Waals surface area contributed by atoms with Gasteiger partial charge in [-0.2, -0.15) is 0 Å². The molecule has 0 amide bonds. The Morgan fingerprint density at radius 3 is 1.26 bits per heavy atom. The molecule has 2 aliphatic rings. The predicted octanol–water partition coefficient (Wildman–Crippen LogP) is 12.2. The van der Waals surface area contributed by atoms with Crippen LogP contribution in [0, 0.1) is 0 Å². The zero-order chi connectivity index (χ0) is 30.5. The second-order valence-electron chi connectivity index (χ2n) is 14.2. The van der Waals surface area contributed by atoms with Crippen LogP contribution >= 0.6 is 0 Å². The van der Waals surface area contributed by atoms with Crippen molar-refractivity contribution in [3.63, 3.8) is 0 Å². The third kappa shape index (κ3) is 5.10. The van der Waals surface area contributed by atoms with E-state index in [2.05, 4.69) is 152 Å². The van der Waals surface area contributed by atoms with Gasteiger partial charge in [-0.05, 0) is 91.4 Å². The molecule has 0 spiro atoms. The van der Waals surface area contributed by atoms with Gasteiger partial charge in [0.1, 0.15) is 8.07 Å². The van der Waals surface area contributed by atoms with E-state index in [1.54, 1.807) is 10.4 Å². The van der Waals surface area contributed by atoms with Gasteiger partial charge in [0, 0.05) is 0 Å². The molecule has 0 saturated heterocycles. The summed E-state index contributed by atoms with van der Waals surface area (Å²) in [7, 11) is -2.06. The molecular formula is C42H48Si. The van der Waals surface area contributed by atoms with Crippen LogP contribution in [0.3, 0.4) is 0 Å². The van der Waals surface area contributed by atoms with Crippen LogP contribution in [0.5, 0.6) is 0 Å². The van der Waals surface area contributed by atoms with Gasteiger partial charge < -0.3 is 0 Å².